The van der Waals surface area contributed by atoms with Gasteiger partial charge < -0.3 is 10.5 Å². The highest BCUT2D eigenvalue weighted by Crippen LogP contribution is 2.32. The molecule has 5 heteroatoms. The lowest BCUT2D eigenvalue weighted by Crippen LogP contribution is -2.02. The Kier molecular flexibility index (Phi) is 3.55. The van der Waals surface area contributed by atoms with Crippen molar-refractivity contribution in [3.63, 3.8) is 0 Å². The number of nitrogens with zero attached hydrogens (tertiary/aromatic N) is 3. The third-order valence-corrected chi connectivity index (χ3v) is 3.15. The zero-order chi connectivity index (χ0) is 14.7. The van der Waals surface area contributed by atoms with E-state index in [1.165, 1.54) is 0 Å². The first-order valence-electron chi connectivity index (χ1n) is 6.80. The molecular formula is C16H16N4O. The van der Waals surface area contributed by atoms with E-state index in [2.05, 4.69) is 10.3 Å². The molecular weight excluding hydrogens is 264 g/mol. The Labute approximate surface area is 123 Å². The first-order chi connectivity index (χ1) is 10.3. The third kappa shape index (κ3) is 2.45. The van der Waals surface area contributed by atoms with Crippen LogP contribution in [-0.2, 0) is 0 Å². The van der Waals surface area contributed by atoms with Crippen LogP contribution in [0.3, 0.4) is 0 Å². The fourth-order valence-electron chi connectivity index (χ4n) is 2.18. The minimum absolute atomic E-state index is 0.494. The number of ether oxygens (including phenoxy) is 1. The van der Waals surface area contributed by atoms with Crippen LogP contribution in [0.2, 0.25) is 0 Å². The SMILES string of the molecule is CCOc1ccccc1-c1nnn(-c2ccccc2)c1N. The summed E-state index contributed by atoms with van der Waals surface area (Å²) in [5.74, 6) is 1.25. The molecule has 0 amide bonds. The van der Waals surface area contributed by atoms with Gasteiger partial charge in [-0.05, 0) is 31.2 Å². The Morgan fingerprint density at radius 1 is 1.05 bits per heavy atom. The lowest BCUT2D eigenvalue weighted by Gasteiger charge is -2.08. The maximum Gasteiger partial charge on any atom is 0.156 e. The Balaban J connectivity index is 2.08. The summed E-state index contributed by atoms with van der Waals surface area (Å²) in [4.78, 5) is 0. The van der Waals surface area contributed by atoms with Crippen LogP contribution in [-0.4, -0.2) is 21.6 Å². The van der Waals surface area contributed by atoms with E-state index in [-0.39, 0.29) is 0 Å². The van der Waals surface area contributed by atoms with Crippen molar-refractivity contribution in [1.29, 1.82) is 0 Å². The molecule has 2 aromatic carbocycles. The largest absolute Gasteiger partial charge is 0.493 e. The quantitative estimate of drug-likeness (QED) is 0.798. The van der Waals surface area contributed by atoms with Crippen LogP contribution in [0, 0.1) is 0 Å². The van der Waals surface area contributed by atoms with Gasteiger partial charge in [0, 0.05) is 5.56 Å². The van der Waals surface area contributed by atoms with E-state index in [9.17, 15) is 0 Å². The van der Waals surface area contributed by atoms with Gasteiger partial charge in [-0.2, -0.15) is 4.68 Å². The zero-order valence-electron chi connectivity index (χ0n) is 11.7. The molecule has 0 saturated heterocycles. The van der Waals surface area contributed by atoms with Gasteiger partial charge in [0.05, 0.1) is 12.3 Å². The summed E-state index contributed by atoms with van der Waals surface area (Å²) in [6.07, 6.45) is 0. The van der Waals surface area contributed by atoms with Crippen molar-refractivity contribution in [3.8, 4) is 22.7 Å². The third-order valence-electron chi connectivity index (χ3n) is 3.15. The van der Waals surface area contributed by atoms with Gasteiger partial charge in [0.15, 0.2) is 5.82 Å². The van der Waals surface area contributed by atoms with Crippen molar-refractivity contribution in [2.75, 3.05) is 12.3 Å². The summed E-state index contributed by atoms with van der Waals surface area (Å²) in [6.45, 7) is 2.53. The second-order valence-corrected chi connectivity index (χ2v) is 4.50. The second kappa shape index (κ2) is 5.66. The number of hydrogen-bond acceptors (Lipinski definition) is 4. The number of rotatable bonds is 4. The molecule has 0 atom stereocenters. The van der Waals surface area contributed by atoms with Gasteiger partial charge in [0.2, 0.25) is 0 Å². The van der Waals surface area contributed by atoms with Crippen molar-refractivity contribution >= 4 is 5.82 Å². The summed E-state index contributed by atoms with van der Waals surface area (Å²) in [6, 6.07) is 17.4. The molecule has 0 unspecified atom stereocenters. The summed E-state index contributed by atoms with van der Waals surface area (Å²) in [7, 11) is 0. The monoisotopic (exact) mass is 280 g/mol. The van der Waals surface area contributed by atoms with E-state index >= 15 is 0 Å². The smallest absolute Gasteiger partial charge is 0.156 e. The summed E-state index contributed by atoms with van der Waals surface area (Å²) < 4.78 is 7.25. The first kappa shape index (κ1) is 13.2. The van der Waals surface area contributed by atoms with Gasteiger partial charge in [-0.25, -0.2) is 0 Å². The second-order valence-electron chi connectivity index (χ2n) is 4.50. The minimum Gasteiger partial charge on any atom is -0.493 e. The molecule has 21 heavy (non-hydrogen) atoms. The number of benzene rings is 2. The van der Waals surface area contributed by atoms with E-state index in [1.807, 2.05) is 61.5 Å². The minimum atomic E-state index is 0.494. The topological polar surface area (TPSA) is 66.0 Å². The fourth-order valence-corrected chi connectivity index (χ4v) is 2.18. The molecule has 0 bridgehead atoms. The molecule has 3 aromatic rings. The van der Waals surface area contributed by atoms with Crippen molar-refractivity contribution in [1.82, 2.24) is 15.0 Å². The highest BCUT2D eigenvalue weighted by molar-refractivity contribution is 5.75. The number of nitrogens with two attached hydrogens (primary N) is 1. The van der Waals surface area contributed by atoms with Crippen LogP contribution in [0.15, 0.2) is 54.6 Å². The molecule has 0 aliphatic heterocycles. The van der Waals surface area contributed by atoms with Crippen molar-refractivity contribution in [2.24, 2.45) is 0 Å². The lowest BCUT2D eigenvalue weighted by atomic mass is 10.1. The number of anilines is 1. The average Bonchev–Trinajstić information content (AvgIpc) is 2.91. The van der Waals surface area contributed by atoms with Crippen LogP contribution in [0.25, 0.3) is 16.9 Å². The molecule has 5 nitrogen and oxygen atoms in total. The fraction of sp³-hybridized carbons (Fsp3) is 0.125. The van der Waals surface area contributed by atoms with Crippen LogP contribution in [0.4, 0.5) is 5.82 Å². The van der Waals surface area contributed by atoms with E-state index in [0.717, 1.165) is 17.0 Å². The van der Waals surface area contributed by atoms with Gasteiger partial charge in [-0.15, -0.1) is 5.10 Å². The summed E-state index contributed by atoms with van der Waals surface area (Å²) in [5.41, 5.74) is 8.57. The number of para-hydroxylation sites is 2. The highest BCUT2D eigenvalue weighted by atomic mass is 16.5. The molecule has 3 rings (SSSR count). The van der Waals surface area contributed by atoms with Gasteiger partial charge in [0.1, 0.15) is 11.4 Å². The van der Waals surface area contributed by atoms with Crippen molar-refractivity contribution < 1.29 is 4.74 Å². The summed E-state index contributed by atoms with van der Waals surface area (Å²) in [5, 5.41) is 8.36. The van der Waals surface area contributed by atoms with Gasteiger partial charge in [-0.3, -0.25) is 0 Å². The van der Waals surface area contributed by atoms with Crippen LogP contribution < -0.4 is 10.5 Å². The number of nitrogen functional groups attached to an aromatic ring is 1. The van der Waals surface area contributed by atoms with E-state index in [4.69, 9.17) is 10.5 Å². The molecule has 0 aliphatic carbocycles. The van der Waals surface area contributed by atoms with Gasteiger partial charge >= 0.3 is 0 Å². The zero-order valence-corrected chi connectivity index (χ0v) is 11.7. The molecule has 1 aromatic heterocycles. The van der Waals surface area contributed by atoms with Crippen LogP contribution >= 0.6 is 0 Å². The van der Waals surface area contributed by atoms with Crippen molar-refractivity contribution in [3.05, 3.63) is 54.6 Å². The van der Waals surface area contributed by atoms with Gasteiger partial charge in [-0.1, -0.05) is 35.5 Å². The lowest BCUT2D eigenvalue weighted by molar-refractivity contribution is 0.341. The Morgan fingerprint density at radius 3 is 2.52 bits per heavy atom. The molecule has 0 fully saturated rings. The van der Waals surface area contributed by atoms with Crippen LogP contribution in [0.1, 0.15) is 6.92 Å². The Morgan fingerprint density at radius 2 is 1.76 bits per heavy atom. The first-order valence-corrected chi connectivity index (χ1v) is 6.80. The van der Waals surface area contributed by atoms with Gasteiger partial charge in [0.25, 0.3) is 0 Å². The Hall–Kier alpha value is -2.82. The molecule has 0 radical (unpaired) electrons. The predicted molar refractivity (Wildman–Crippen MR) is 82.4 cm³/mol. The summed E-state index contributed by atoms with van der Waals surface area (Å²) >= 11 is 0. The highest BCUT2D eigenvalue weighted by Gasteiger charge is 2.16. The van der Waals surface area contributed by atoms with E-state index < -0.39 is 0 Å². The standard InChI is InChI=1S/C16H16N4O/c1-2-21-14-11-7-6-10-13(14)15-16(17)20(19-18-15)12-8-4-3-5-9-12/h3-11H,2,17H2,1H3. The van der Waals surface area contributed by atoms with E-state index in [0.29, 0.717) is 18.1 Å². The molecule has 0 saturated carbocycles. The molecule has 0 aliphatic rings. The Bertz CT molecular complexity index is 737. The average molecular weight is 280 g/mol. The maximum absolute atomic E-state index is 6.21. The van der Waals surface area contributed by atoms with Crippen LogP contribution in [0.5, 0.6) is 5.75 Å². The number of aromatic nitrogens is 3. The van der Waals surface area contributed by atoms with Crippen molar-refractivity contribution in [2.45, 2.75) is 6.92 Å². The normalized spacial score (nSPS) is 10.5. The molecule has 1 heterocycles. The number of hydrogen-bond donors (Lipinski definition) is 1. The predicted octanol–water partition coefficient (Wildman–Crippen LogP) is 2.92. The molecule has 0 spiro atoms. The van der Waals surface area contributed by atoms with E-state index in [1.54, 1.807) is 4.68 Å². The molecule has 2 N–H and O–H groups in total. The maximum atomic E-state index is 6.21. The molecule has 106 valence electrons.